The van der Waals surface area contributed by atoms with Crippen LogP contribution in [-0.4, -0.2) is 31.9 Å². The summed E-state index contributed by atoms with van der Waals surface area (Å²) in [5.41, 5.74) is 0. The van der Waals surface area contributed by atoms with Crippen LogP contribution in [0.1, 0.15) is 58.3 Å². The summed E-state index contributed by atoms with van der Waals surface area (Å²) < 4.78 is 22.5. The molecule has 1 fully saturated rings. The molecule has 4 nitrogen and oxygen atoms in total. The number of carbonyl (C=O) groups is 1. The van der Waals surface area contributed by atoms with E-state index in [0.717, 1.165) is 12.8 Å². The largest absolute Gasteiger partial charge is 0.353 e. The second kappa shape index (κ2) is 7.77. The molecular weight excluding hydrogens is 250 g/mol. The van der Waals surface area contributed by atoms with Gasteiger partial charge in [0.25, 0.3) is 0 Å². The molecule has 0 aromatic heterocycles. The summed E-state index contributed by atoms with van der Waals surface area (Å²) in [5.74, 6) is 0.513. The Kier molecular flexibility index (Phi) is 6.68. The van der Waals surface area contributed by atoms with E-state index in [1.54, 1.807) is 0 Å². The maximum Gasteiger partial charge on any atom is 0.220 e. The maximum atomic E-state index is 11.6. The minimum absolute atomic E-state index is 0.0664. The number of carbonyl (C=O) groups excluding carboxylic acids is 1. The number of unbranched alkanes of at least 4 members (excludes halogenated alkanes) is 4. The summed E-state index contributed by atoms with van der Waals surface area (Å²) in [5, 5.41) is 2.94. The standard InChI is InChI=1S/C13H25NO3S/c1-2-3-4-5-6-7-13(15)14-12-8-10-18(16,17)11-9-12/h12H,2-11H2,1H3,(H,14,15). The zero-order valence-corrected chi connectivity index (χ0v) is 12.1. The van der Waals surface area contributed by atoms with Crippen molar-refractivity contribution in [3.05, 3.63) is 0 Å². The monoisotopic (exact) mass is 275 g/mol. The third-order valence-electron chi connectivity index (χ3n) is 3.43. The van der Waals surface area contributed by atoms with E-state index in [-0.39, 0.29) is 23.5 Å². The van der Waals surface area contributed by atoms with Crippen molar-refractivity contribution in [2.45, 2.75) is 64.3 Å². The molecule has 0 aromatic rings. The van der Waals surface area contributed by atoms with Gasteiger partial charge in [0.15, 0.2) is 0 Å². The second-order valence-corrected chi connectivity index (χ2v) is 7.46. The molecule has 1 amide bonds. The summed E-state index contributed by atoms with van der Waals surface area (Å²) in [6, 6.07) is 0.0664. The molecule has 106 valence electrons. The van der Waals surface area contributed by atoms with Crippen molar-refractivity contribution in [3.8, 4) is 0 Å². The van der Waals surface area contributed by atoms with Crippen LogP contribution >= 0.6 is 0 Å². The van der Waals surface area contributed by atoms with Crippen LogP contribution in [0.4, 0.5) is 0 Å². The Hall–Kier alpha value is -0.580. The Labute approximate surface area is 110 Å². The fourth-order valence-electron chi connectivity index (χ4n) is 2.22. The van der Waals surface area contributed by atoms with E-state index < -0.39 is 9.84 Å². The number of rotatable bonds is 7. The van der Waals surface area contributed by atoms with Gasteiger partial charge in [-0.1, -0.05) is 32.6 Å². The SMILES string of the molecule is CCCCCCCC(=O)NC1CCS(=O)(=O)CC1. The minimum atomic E-state index is -2.83. The van der Waals surface area contributed by atoms with Crippen molar-refractivity contribution < 1.29 is 13.2 Å². The third kappa shape index (κ3) is 6.38. The average molecular weight is 275 g/mol. The third-order valence-corrected chi connectivity index (χ3v) is 5.14. The molecule has 0 atom stereocenters. The number of nitrogens with one attached hydrogen (secondary N) is 1. The number of sulfone groups is 1. The summed E-state index contributed by atoms with van der Waals surface area (Å²) in [6.45, 7) is 2.17. The molecule has 0 unspecified atom stereocenters. The minimum Gasteiger partial charge on any atom is -0.353 e. The Bertz CT molecular complexity index is 337. The van der Waals surface area contributed by atoms with E-state index in [2.05, 4.69) is 12.2 Å². The van der Waals surface area contributed by atoms with E-state index in [1.165, 1.54) is 19.3 Å². The van der Waals surface area contributed by atoms with Crippen LogP contribution in [0.15, 0.2) is 0 Å². The van der Waals surface area contributed by atoms with Gasteiger partial charge in [-0.05, 0) is 19.3 Å². The van der Waals surface area contributed by atoms with Gasteiger partial charge in [-0.2, -0.15) is 0 Å². The van der Waals surface area contributed by atoms with Gasteiger partial charge in [-0.15, -0.1) is 0 Å². The van der Waals surface area contributed by atoms with Crippen molar-refractivity contribution in [3.63, 3.8) is 0 Å². The summed E-state index contributed by atoms with van der Waals surface area (Å²) in [4.78, 5) is 11.6. The van der Waals surface area contributed by atoms with E-state index in [0.29, 0.717) is 19.3 Å². The van der Waals surface area contributed by atoms with Gasteiger partial charge < -0.3 is 5.32 Å². The molecule has 0 saturated carbocycles. The lowest BCUT2D eigenvalue weighted by Gasteiger charge is -2.23. The average Bonchev–Trinajstić information content (AvgIpc) is 2.32. The first-order valence-electron chi connectivity index (χ1n) is 7.03. The smallest absolute Gasteiger partial charge is 0.220 e. The molecule has 5 heteroatoms. The van der Waals surface area contributed by atoms with Crippen LogP contribution in [0, 0.1) is 0 Å². The van der Waals surface area contributed by atoms with Crippen LogP contribution in [0.2, 0.25) is 0 Å². The van der Waals surface area contributed by atoms with Crippen LogP contribution < -0.4 is 5.32 Å². The molecule has 1 aliphatic rings. The van der Waals surface area contributed by atoms with Crippen molar-refractivity contribution in [2.24, 2.45) is 0 Å². The van der Waals surface area contributed by atoms with E-state index in [1.807, 2.05) is 0 Å². The molecule has 0 aliphatic carbocycles. The Morgan fingerprint density at radius 1 is 1.11 bits per heavy atom. The first-order valence-corrected chi connectivity index (χ1v) is 8.85. The van der Waals surface area contributed by atoms with Crippen molar-refractivity contribution in [1.29, 1.82) is 0 Å². The molecule has 1 heterocycles. The van der Waals surface area contributed by atoms with Crippen molar-refractivity contribution in [1.82, 2.24) is 5.32 Å². The van der Waals surface area contributed by atoms with E-state index >= 15 is 0 Å². The zero-order valence-electron chi connectivity index (χ0n) is 11.3. The maximum absolute atomic E-state index is 11.6. The van der Waals surface area contributed by atoms with Crippen molar-refractivity contribution >= 4 is 15.7 Å². The molecule has 1 rings (SSSR count). The Balaban J connectivity index is 2.10. The highest BCUT2D eigenvalue weighted by atomic mass is 32.2. The molecule has 0 radical (unpaired) electrons. The van der Waals surface area contributed by atoms with Gasteiger partial charge in [0, 0.05) is 12.5 Å². The van der Waals surface area contributed by atoms with E-state index in [9.17, 15) is 13.2 Å². The molecule has 1 saturated heterocycles. The first-order chi connectivity index (χ1) is 8.53. The molecule has 0 aromatic carbocycles. The van der Waals surface area contributed by atoms with Crippen LogP contribution in [0.5, 0.6) is 0 Å². The topological polar surface area (TPSA) is 63.2 Å². The molecule has 0 spiro atoms. The normalized spacial score (nSPS) is 19.6. The summed E-state index contributed by atoms with van der Waals surface area (Å²) >= 11 is 0. The highest BCUT2D eigenvalue weighted by Gasteiger charge is 2.24. The lowest BCUT2D eigenvalue weighted by molar-refractivity contribution is -0.122. The number of hydrogen-bond donors (Lipinski definition) is 1. The summed E-state index contributed by atoms with van der Waals surface area (Å²) in [7, 11) is -2.83. The lowest BCUT2D eigenvalue weighted by Crippen LogP contribution is -2.40. The zero-order chi connectivity index (χ0) is 13.4. The van der Waals surface area contributed by atoms with Gasteiger partial charge in [-0.3, -0.25) is 4.79 Å². The van der Waals surface area contributed by atoms with Crippen LogP contribution in [-0.2, 0) is 14.6 Å². The fraction of sp³-hybridized carbons (Fsp3) is 0.923. The molecular formula is C13H25NO3S. The highest BCUT2D eigenvalue weighted by Crippen LogP contribution is 2.12. The predicted octanol–water partition coefficient (Wildman–Crippen LogP) is 2.04. The predicted molar refractivity (Wildman–Crippen MR) is 73.2 cm³/mol. The van der Waals surface area contributed by atoms with E-state index in [4.69, 9.17) is 0 Å². The summed E-state index contributed by atoms with van der Waals surface area (Å²) in [6.07, 6.45) is 7.42. The van der Waals surface area contributed by atoms with Gasteiger partial charge in [0.2, 0.25) is 5.91 Å². The highest BCUT2D eigenvalue weighted by molar-refractivity contribution is 7.91. The first kappa shape index (κ1) is 15.5. The quantitative estimate of drug-likeness (QED) is 0.723. The molecule has 18 heavy (non-hydrogen) atoms. The van der Waals surface area contributed by atoms with Gasteiger partial charge in [0.1, 0.15) is 9.84 Å². The lowest BCUT2D eigenvalue weighted by atomic mass is 10.1. The van der Waals surface area contributed by atoms with Gasteiger partial charge >= 0.3 is 0 Å². The Morgan fingerprint density at radius 2 is 1.72 bits per heavy atom. The van der Waals surface area contributed by atoms with Crippen LogP contribution in [0.3, 0.4) is 0 Å². The number of hydrogen-bond acceptors (Lipinski definition) is 3. The molecule has 0 bridgehead atoms. The van der Waals surface area contributed by atoms with Crippen LogP contribution in [0.25, 0.3) is 0 Å². The molecule has 1 aliphatic heterocycles. The van der Waals surface area contributed by atoms with Gasteiger partial charge in [-0.25, -0.2) is 8.42 Å². The second-order valence-electron chi connectivity index (χ2n) is 5.16. The number of amides is 1. The molecule has 1 N–H and O–H groups in total. The fourth-order valence-corrected chi connectivity index (χ4v) is 3.71. The Morgan fingerprint density at radius 3 is 2.33 bits per heavy atom. The van der Waals surface area contributed by atoms with Crippen molar-refractivity contribution in [2.75, 3.05) is 11.5 Å². The van der Waals surface area contributed by atoms with Gasteiger partial charge in [0.05, 0.1) is 11.5 Å².